The highest BCUT2D eigenvalue weighted by molar-refractivity contribution is 6.30. The molecule has 0 fully saturated rings. The number of nitrogens with zero attached hydrogens (tertiary/aromatic N) is 2. The summed E-state index contributed by atoms with van der Waals surface area (Å²) in [4.78, 5) is 8.03. The van der Waals surface area contributed by atoms with Crippen LogP contribution in [-0.2, 0) is 0 Å². The Morgan fingerprint density at radius 2 is 2.06 bits per heavy atom. The molecule has 2 aromatic heterocycles. The molecule has 0 radical (unpaired) electrons. The number of aromatic nitrogens is 2. The molecular weight excluding hydrogens is 255 g/mol. The first-order valence-corrected chi connectivity index (χ1v) is 5.69. The molecule has 0 bridgehead atoms. The Labute approximate surface area is 107 Å². The normalized spacial score (nSPS) is 11.1. The third-order valence-corrected chi connectivity index (χ3v) is 3.12. The van der Waals surface area contributed by atoms with Crippen LogP contribution in [-0.4, -0.2) is 9.97 Å². The topological polar surface area (TPSA) is 38.9 Å². The molecule has 0 amide bonds. The number of hydrogen-bond donors (Lipinski definition) is 0. The van der Waals surface area contributed by atoms with Crippen LogP contribution in [0.25, 0.3) is 22.4 Å². The van der Waals surface area contributed by atoms with E-state index >= 15 is 0 Å². The Morgan fingerprint density at radius 1 is 1.22 bits per heavy atom. The first-order chi connectivity index (χ1) is 8.65. The van der Waals surface area contributed by atoms with Crippen molar-refractivity contribution in [3.05, 3.63) is 47.1 Å². The highest BCUT2D eigenvalue weighted by Crippen LogP contribution is 2.30. The molecule has 1 aromatic carbocycles. The Balaban J connectivity index is 2.22. The van der Waals surface area contributed by atoms with Crippen LogP contribution in [0.5, 0.6) is 0 Å². The van der Waals surface area contributed by atoms with E-state index in [1.807, 2.05) is 6.92 Å². The number of hydrogen-bond acceptors (Lipinski definition) is 3. The largest absolute Gasteiger partial charge is 0.454 e. The molecule has 0 spiro atoms. The Hall–Kier alpha value is -1.94. The van der Waals surface area contributed by atoms with E-state index < -0.39 is 0 Å². The van der Waals surface area contributed by atoms with Crippen molar-refractivity contribution in [2.24, 2.45) is 0 Å². The average Bonchev–Trinajstić information content (AvgIpc) is 2.75. The summed E-state index contributed by atoms with van der Waals surface area (Å²) in [7, 11) is 0. The van der Waals surface area contributed by atoms with Gasteiger partial charge in [0, 0.05) is 10.9 Å². The summed E-state index contributed by atoms with van der Waals surface area (Å²) in [5.41, 5.74) is 1.96. The van der Waals surface area contributed by atoms with E-state index in [0.717, 1.165) is 5.56 Å². The minimum Gasteiger partial charge on any atom is -0.454 e. The minimum atomic E-state index is -0.299. The molecule has 0 N–H and O–H groups in total. The number of benzene rings is 1. The van der Waals surface area contributed by atoms with E-state index in [0.29, 0.717) is 27.6 Å². The van der Waals surface area contributed by atoms with E-state index in [-0.39, 0.29) is 5.82 Å². The van der Waals surface area contributed by atoms with Crippen molar-refractivity contribution in [2.45, 2.75) is 6.92 Å². The highest BCUT2D eigenvalue weighted by Gasteiger charge is 2.12. The van der Waals surface area contributed by atoms with Crippen LogP contribution in [0.15, 0.2) is 35.0 Å². The molecule has 0 aliphatic rings. The Kier molecular flexibility index (Phi) is 2.52. The van der Waals surface area contributed by atoms with Crippen LogP contribution < -0.4 is 0 Å². The zero-order valence-electron chi connectivity index (χ0n) is 9.45. The van der Waals surface area contributed by atoms with E-state index in [1.54, 1.807) is 12.1 Å². The summed E-state index contributed by atoms with van der Waals surface area (Å²) in [5, 5.41) is 1.07. The van der Waals surface area contributed by atoms with Gasteiger partial charge in [0.25, 0.3) is 0 Å². The van der Waals surface area contributed by atoms with Crippen molar-refractivity contribution in [1.29, 1.82) is 0 Å². The number of fused-ring (bicyclic) bond motifs is 1. The maximum Gasteiger partial charge on any atom is 0.154 e. The van der Waals surface area contributed by atoms with Gasteiger partial charge >= 0.3 is 0 Å². The number of rotatable bonds is 1. The molecule has 0 saturated carbocycles. The van der Waals surface area contributed by atoms with Gasteiger partial charge in [-0.05, 0) is 31.2 Å². The fourth-order valence-electron chi connectivity index (χ4n) is 1.81. The Bertz CT molecular complexity index is 739. The van der Waals surface area contributed by atoms with Gasteiger partial charge in [-0.3, -0.25) is 0 Å². The van der Waals surface area contributed by atoms with Crippen molar-refractivity contribution in [3.8, 4) is 11.5 Å². The summed E-state index contributed by atoms with van der Waals surface area (Å²) < 4.78 is 18.7. The summed E-state index contributed by atoms with van der Waals surface area (Å²) in [6.45, 7) is 1.81. The van der Waals surface area contributed by atoms with Gasteiger partial charge in [0.1, 0.15) is 28.6 Å². The minimum absolute atomic E-state index is 0.299. The third-order valence-electron chi connectivity index (χ3n) is 2.73. The smallest absolute Gasteiger partial charge is 0.154 e. The van der Waals surface area contributed by atoms with Crippen molar-refractivity contribution in [2.75, 3.05) is 0 Å². The standard InChI is InChI=1S/C13H8ClFN2O/c1-7-12(16-6-17-13(7)14)11-5-8-4-9(15)2-3-10(8)18-11/h2-6H,1H3. The van der Waals surface area contributed by atoms with Crippen molar-refractivity contribution in [1.82, 2.24) is 9.97 Å². The second-order valence-corrected chi connectivity index (χ2v) is 4.29. The summed E-state index contributed by atoms with van der Waals surface area (Å²) >= 11 is 5.93. The van der Waals surface area contributed by atoms with Crippen molar-refractivity contribution < 1.29 is 8.81 Å². The van der Waals surface area contributed by atoms with Gasteiger partial charge in [-0.2, -0.15) is 0 Å². The molecule has 90 valence electrons. The van der Waals surface area contributed by atoms with Crippen molar-refractivity contribution in [3.63, 3.8) is 0 Å². The molecule has 2 heterocycles. The molecule has 3 nitrogen and oxygen atoms in total. The first-order valence-electron chi connectivity index (χ1n) is 5.32. The van der Waals surface area contributed by atoms with Gasteiger partial charge < -0.3 is 4.42 Å². The quantitative estimate of drug-likeness (QED) is 0.623. The fraction of sp³-hybridized carbons (Fsp3) is 0.0769. The van der Waals surface area contributed by atoms with Crippen LogP contribution in [0.3, 0.4) is 0 Å². The van der Waals surface area contributed by atoms with Gasteiger partial charge in [-0.25, -0.2) is 14.4 Å². The van der Waals surface area contributed by atoms with E-state index in [1.165, 1.54) is 18.5 Å². The predicted molar refractivity (Wildman–Crippen MR) is 66.9 cm³/mol. The molecule has 0 aliphatic carbocycles. The number of halogens is 2. The number of furan rings is 1. The molecule has 0 aliphatic heterocycles. The molecule has 0 unspecified atom stereocenters. The van der Waals surface area contributed by atoms with E-state index in [4.69, 9.17) is 16.0 Å². The second-order valence-electron chi connectivity index (χ2n) is 3.93. The highest BCUT2D eigenvalue weighted by atomic mass is 35.5. The lowest BCUT2D eigenvalue weighted by molar-refractivity contribution is 0.617. The van der Waals surface area contributed by atoms with Gasteiger partial charge in [0.05, 0.1) is 0 Å². The lowest BCUT2D eigenvalue weighted by atomic mass is 10.2. The Morgan fingerprint density at radius 3 is 2.89 bits per heavy atom. The van der Waals surface area contributed by atoms with Gasteiger partial charge in [0.15, 0.2) is 5.76 Å². The molecule has 3 aromatic rings. The maximum absolute atomic E-state index is 13.1. The predicted octanol–water partition coefficient (Wildman–Crippen LogP) is 3.99. The SMILES string of the molecule is Cc1c(Cl)ncnc1-c1cc2cc(F)ccc2o1. The van der Waals surface area contributed by atoms with Crippen LogP contribution in [0.2, 0.25) is 5.15 Å². The van der Waals surface area contributed by atoms with E-state index in [2.05, 4.69) is 9.97 Å². The zero-order chi connectivity index (χ0) is 12.7. The third kappa shape index (κ3) is 1.75. The van der Waals surface area contributed by atoms with Gasteiger partial charge in [-0.15, -0.1) is 0 Å². The zero-order valence-corrected chi connectivity index (χ0v) is 10.2. The molecular formula is C13H8ClFN2O. The summed E-state index contributed by atoms with van der Waals surface area (Å²) in [5.74, 6) is 0.254. The summed E-state index contributed by atoms with van der Waals surface area (Å²) in [6.07, 6.45) is 1.37. The van der Waals surface area contributed by atoms with Crippen LogP contribution >= 0.6 is 11.6 Å². The molecule has 3 rings (SSSR count). The molecule has 18 heavy (non-hydrogen) atoms. The van der Waals surface area contributed by atoms with Crippen molar-refractivity contribution >= 4 is 22.6 Å². The molecule has 5 heteroatoms. The van der Waals surface area contributed by atoms with Crippen LogP contribution in [0.4, 0.5) is 4.39 Å². The van der Waals surface area contributed by atoms with Gasteiger partial charge in [-0.1, -0.05) is 11.6 Å². The second kappa shape index (κ2) is 4.07. The van der Waals surface area contributed by atoms with E-state index in [9.17, 15) is 4.39 Å². The lowest BCUT2D eigenvalue weighted by Crippen LogP contribution is -1.90. The van der Waals surface area contributed by atoms with Crippen LogP contribution in [0, 0.1) is 12.7 Å². The van der Waals surface area contributed by atoms with Crippen LogP contribution in [0.1, 0.15) is 5.56 Å². The monoisotopic (exact) mass is 262 g/mol. The molecule has 0 saturated heterocycles. The fourth-order valence-corrected chi connectivity index (χ4v) is 1.94. The van der Waals surface area contributed by atoms with Gasteiger partial charge in [0.2, 0.25) is 0 Å². The maximum atomic E-state index is 13.1. The first kappa shape index (κ1) is 11.2. The lowest BCUT2D eigenvalue weighted by Gasteiger charge is -2.01. The molecule has 0 atom stereocenters. The average molecular weight is 263 g/mol. The summed E-state index contributed by atoms with van der Waals surface area (Å²) in [6, 6.07) is 6.10.